The molecular weight excluding hydrogens is 1460 g/mol. The van der Waals surface area contributed by atoms with Crippen LogP contribution in [0.3, 0.4) is 0 Å². The Kier molecular flexibility index (Phi) is 21.9. The maximum atomic E-state index is 12.9. The Bertz CT molecular complexity index is 2210. The average molecular weight is 1460 g/mol. The van der Waals surface area contributed by atoms with E-state index in [0.717, 1.165) is 0 Å². The summed E-state index contributed by atoms with van der Waals surface area (Å²) < 4.78 is 649. The van der Waals surface area contributed by atoms with Gasteiger partial charge in [0.2, 0.25) is 0 Å². The zero-order chi connectivity index (χ0) is 66.0. The summed E-state index contributed by atoms with van der Waals surface area (Å²) in [5.41, 5.74) is 0. The summed E-state index contributed by atoms with van der Waals surface area (Å²) in [5.74, 6) is -127. The molecule has 0 N–H and O–H groups in total. The molecule has 0 fully saturated rings. The van der Waals surface area contributed by atoms with Crippen LogP contribution in [0.4, 0.5) is 198 Å². The van der Waals surface area contributed by atoms with Gasteiger partial charge in [-0.25, -0.2) is 25.3 Å². The van der Waals surface area contributed by atoms with Crippen LogP contribution in [0.1, 0.15) is 0 Å². The molecule has 58 heteroatoms. The van der Waals surface area contributed by atoms with Crippen molar-refractivity contribution < 1.29 is 236 Å². The quantitative estimate of drug-likeness (QED) is 0.0956. The van der Waals surface area contributed by atoms with Gasteiger partial charge in [0, 0.05) is 0 Å². The number of alkyl halides is 45. The topological polar surface area (TPSA) is 172 Å². The third kappa shape index (κ3) is 11.7. The summed E-state index contributed by atoms with van der Waals surface area (Å²) in [7, 11) is -24.0. The van der Waals surface area contributed by atoms with Crippen LogP contribution >= 0.6 is 0 Å². The summed E-state index contributed by atoms with van der Waals surface area (Å²) in [6, 6.07) is 0. The first-order chi connectivity index (χ1) is 32.2. The molecule has 0 aliphatic heterocycles. The van der Waals surface area contributed by atoms with E-state index in [-0.39, 0.29) is 25.8 Å². The van der Waals surface area contributed by atoms with E-state index in [9.17, 15) is 236 Å². The first-order valence-corrected chi connectivity index (χ1v) is 19.3. The Hall–Kier alpha value is -2.55. The van der Waals surface area contributed by atoms with E-state index in [1.807, 2.05) is 0 Å². The fourth-order valence-electron chi connectivity index (χ4n) is 3.33. The molecule has 0 rings (SSSR count). The van der Waals surface area contributed by atoms with Gasteiger partial charge < -0.3 is 13.7 Å². The van der Waals surface area contributed by atoms with Crippen LogP contribution in [-0.2, 0) is 30.4 Å². The molecule has 0 spiro atoms. The van der Waals surface area contributed by atoms with Gasteiger partial charge in [-0.3, -0.25) is 0 Å². The van der Waals surface area contributed by atoms with Gasteiger partial charge in [-0.2, -0.15) is 198 Å². The summed E-state index contributed by atoms with van der Waals surface area (Å²) in [6.07, 6.45) is -23.3. The number of halogens is 45. The molecule has 0 saturated heterocycles. The zero-order valence-electron chi connectivity index (χ0n) is 33.0. The van der Waals surface area contributed by atoms with Gasteiger partial charge in [0.15, 0.2) is 30.4 Å². The van der Waals surface area contributed by atoms with Crippen LogP contribution in [0, 0.1) is 0 Å². The molecule has 0 aliphatic rings. The average Bonchev–Trinajstić information content (AvgIpc) is 3.14. The van der Waals surface area contributed by atoms with Crippen molar-refractivity contribution in [3.8, 4) is 0 Å². The summed E-state index contributed by atoms with van der Waals surface area (Å²) in [4.78, 5) is 0. The van der Waals surface area contributed by atoms with Crippen molar-refractivity contribution in [2.45, 2.75) is 123 Å². The standard InChI is InChI=1S/3C7HF15O3S.In/c3*8-1(9,2(10,11)4(14,15)6(18,19)20)3(12,13)5(16,17)7(21,22)26(23,24)25;/h3*(H,23,24,25);/q;;;+3/p-3. The Labute approximate surface area is 415 Å². The Balaban J connectivity index is -0.000000531. The molecule has 474 valence electrons. The molecule has 0 aliphatic carbocycles. The van der Waals surface area contributed by atoms with E-state index in [2.05, 4.69) is 0 Å². The van der Waals surface area contributed by atoms with Crippen molar-refractivity contribution >= 4 is 56.2 Å². The van der Waals surface area contributed by atoms with E-state index in [0.29, 0.717) is 0 Å². The molecule has 0 unspecified atom stereocenters. The van der Waals surface area contributed by atoms with Crippen molar-refractivity contribution in [2.24, 2.45) is 0 Å². The molecule has 79 heavy (non-hydrogen) atoms. The van der Waals surface area contributed by atoms with Crippen LogP contribution < -0.4 is 0 Å². The largest absolute Gasteiger partial charge is 3.00 e. The minimum absolute atomic E-state index is 0. The third-order valence-corrected chi connectivity index (χ3v) is 10.5. The van der Waals surface area contributed by atoms with Crippen LogP contribution in [0.5, 0.6) is 0 Å². The number of hydrogen-bond acceptors (Lipinski definition) is 9. The minimum atomic E-state index is -8.63. The monoisotopic (exact) mass is 1460 g/mol. The fourth-order valence-corrected chi connectivity index (χ4v) is 4.65. The summed E-state index contributed by atoms with van der Waals surface area (Å²) >= 11 is 0. The first-order valence-electron chi connectivity index (χ1n) is 15.1. The molecule has 0 bridgehead atoms. The zero-order valence-corrected chi connectivity index (χ0v) is 38.7. The van der Waals surface area contributed by atoms with Crippen molar-refractivity contribution in [1.29, 1.82) is 0 Å². The second kappa shape index (κ2) is 20.9. The van der Waals surface area contributed by atoms with Crippen LogP contribution in [-0.4, -0.2) is 188 Å². The van der Waals surface area contributed by atoms with Crippen molar-refractivity contribution in [3.63, 3.8) is 0 Å². The van der Waals surface area contributed by atoms with Crippen molar-refractivity contribution in [1.82, 2.24) is 0 Å². The van der Waals surface area contributed by atoms with Gasteiger partial charge in [-0.05, 0) is 0 Å². The minimum Gasteiger partial charge on any atom is -0.743 e. The van der Waals surface area contributed by atoms with E-state index >= 15 is 0 Å². The number of rotatable bonds is 18. The Morgan fingerprint density at radius 3 is 0.316 bits per heavy atom. The van der Waals surface area contributed by atoms with E-state index < -0.39 is 153 Å². The Morgan fingerprint density at radius 1 is 0.165 bits per heavy atom. The van der Waals surface area contributed by atoms with Gasteiger partial charge >= 0.3 is 149 Å². The molecule has 0 atom stereocenters. The molecule has 0 aromatic rings. The molecule has 0 aromatic heterocycles. The van der Waals surface area contributed by atoms with E-state index in [1.54, 1.807) is 0 Å². The molecular formula is C21F45InO9S3. The second-order valence-electron chi connectivity index (χ2n) is 13.0. The Morgan fingerprint density at radius 2 is 0.241 bits per heavy atom. The van der Waals surface area contributed by atoms with Crippen molar-refractivity contribution in [3.05, 3.63) is 0 Å². The molecule has 0 amide bonds. The van der Waals surface area contributed by atoms with E-state index in [1.165, 1.54) is 0 Å². The predicted molar refractivity (Wildman–Crippen MR) is 142 cm³/mol. The van der Waals surface area contributed by atoms with Gasteiger partial charge in [-0.15, -0.1) is 0 Å². The summed E-state index contributed by atoms with van der Waals surface area (Å²) in [6.45, 7) is 0. The van der Waals surface area contributed by atoms with Gasteiger partial charge in [-0.1, -0.05) is 0 Å². The SMILES string of the molecule is O=S(=O)([O-])C(F)(F)C(F)(F)C(F)(F)C(F)(F)C(F)(F)C(F)(F)C(F)(F)F.O=S(=O)([O-])C(F)(F)C(F)(F)C(F)(F)C(F)(F)C(F)(F)C(F)(F)C(F)(F)F.O=S(=O)([O-])C(F)(F)C(F)(F)C(F)(F)C(F)(F)C(F)(F)C(F)(F)C(F)(F)F.[In+3]. The molecule has 0 saturated carbocycles. The predicted octanol–water partition coefficient (Wildman–Crippen LogP) is 11.2. The van der Waals surface area contributed by atoms with Crippen molar-refractivity contribution in [2.75, 3.05) is 0 Å². The molecule has 0 aromatic carbocycles. The molecule has 0 radical (unpaired) electrons. The number of hydrogen-bond donors (Lipinski definition) is 0. The van der Waals surface area contributed by atoms with Crippen LogP contribution in [0.25, 0.3) is 0 Å². The first kappa shape index (κ1) is 82.9. The van der Waals surface area contributed by atoms with Gasteiger partial charge in [0.05, 0.1) is 0 Å². The maximum absolute atomic E-state index is 12.9. The van der Waals surface area contributed by atoms with Gasteiger partial charge in [0.25, 0.3) is 0 Å². The normalized spacial score (nSPS) is 16.6. The maximum Gasteiger partial charge on any atom is 3.00 e. The second-order valence-corrected chi connectivity index (χ2v) is 17.3. The fraction of sp³-hybridized carbons (Fsp3) is 1.00. The van der Waals surface area contributed by atoms with Crippen LogP contribution in [0.15, 0.2) is 0 Å². The summed E-state index contributed by atoms with van der Waals surface area (Å²) in [5, 5.41) is -23.4. The molecule has 0 heterocycles. The smallest absolute Gasteiger partial charge is 0.743 e. The van der Waals surface area contributed by atoms with E-state index in [4.69, 9.17) is 0 Å². The van der Waals surface area contributed by atoms with Gasteiger partial charge in [0.1, 0.15) is 0 Å². The third-order valence-electron chi connectivity index (χ3n) is 7.84. The van der Waals surface area contributed by atoms with Crippen LogP contribution in [0.2, 0.25) is 0 Å². The molecule has 9 nitrogen and oxygen atoms in total.